The summed E-state index contributed by atoms with van der Waals surface area (Å²) in [6.07, 6.45) is 1.52. The number of nitrogen functional groups attached to an aromatic ring is 1. The van der Waals surface area contributed by atoms with Crippen LogP contribution in [0.5, 0.6) is 0 Å². The molecule has 1 aromatic carbocycles. The van der Waals surface area contributed by atoms with Gasteiger partial charge in [-0.3, -0.25) is 11.3 Å². The summed E-state index contributed by atoms with van der Waals surface area (Å²) >= 11 is 11.1. The zero-order chi connectivity index (χ0) is 14.5. The quantitative estimate of drug-likeness (QED) is 0.425. The molecule has 0 fully saturated rings. The van der Waals surface area contributed by atoms with Crippen molar-refractivity contribution in [2.45, 2.75) is 10.9 Å². The molecule has 4 nitrogen and oxygen atoms in total. The third kappa shape index (κ3) is 4.10. The Hall–Kier alpha value is -0.790. The zero-order valence-corrected chi connectivity index (χ0v) is 13.7. The summed E-state index contributed by atoms with van der Waals surface area (Å²) in [5.41, 5.74) is 9.44. The molecular formula is C13H14BrClN4S. The van der Waals surface area contributed by atoms with Gasteiger partial charge in [0.1, 0.15) is 5.82 Å². The number of hydrazine groups is 1. The van der Waals surface area contributed by atoms with Gasteiger partial charge in [0.05, 0.1) is 11.1 Å². The Balaban J connectivity index is 2.11. The van der Waals surface area contributed by atoms with E-state index < -0.39 is 0 Å². The molecule has 1 aromatic heterocycles. The second-order valence-electron chi connectivity index (χ2n) is 4.12. The topological polar surface area (TPSA) is 77.0 Å². The highest BCUT2D eigenvalue weighted by atomic mass is 79.9. The highest BCUT2D eigenvalue weighted by Gasteiger charge is 2.15. The number of nitrogens with two attached hydrogens (primary N) is 2. The summed E-state index contributed by atoms with van der Waals surface area (Å²) in [5.74, 6) is 6.78. The number of nitrogens with zero attached hydrogens (tertiary/aromatic N) is 1. The van der Waals surface area contributed by atoms with Crippen molar-refractivity contribution in [3.63, 3.8) is 0 Å². The molecule has 0 saturated heterocycles. The van der Waals surface area contributed by atoms with Crippen molar-refractivity contribution in [1.29, 1.82) is 0 Å². The monoisotopic (exact) mass is 372 g/mol. The first-order valence-electron chi connectivity index (χ1n) is 5.85. The predicted molar refractivity (Wildman–Crippen MR) is 88.6 cm³/mol. The minimum atomic E-state index is -0.120. The Morgan fingerprint density at radius 1 is 1.40 bits per heavy atom. The van der Waals surface area contributed by atoms with E-state index in [-0.39, 0.29) is 6.04 Å². The smallest absolute Gasteiger partial charge is 0.128 e. The molecule has 1 heterocycles. The molecule has 0 aliphatic carbocycles. The van der Waals surface area contributed by atoms with Crippen molar-refractivity contribution in [2.75, 3.05) is 11.5 Å². The second-order valence-corrected chi connectivity index (χ2v) is 6.56. The lowest BCUT2D eigenvalue weighted by Crippen LogP contribution is -2.30. The molecule has 0 radical (unpaired) electrons. The molecule has 0 aliphatic rings. The first-order chi connectivity index (χ1) is 9.60. The number of hydrogen-bond donors (Lipinski definition) is 3. The number of aromatic nitrogens is 1. The fourth-order valence-electron chi connectivity index (χ4n) is 1.71. The van der Waals surface area contributed by atoms with E-state index >= 15 is 0 Å². The van der Waals surface area contributed by atoms with E-state index in [0.717, 1.165) is 20.7 Å². The van der Waals surface area contributed by atoms with Gasteiger partial charge in [-0.25, -0.2) is 4.98 Å². The number of thioether (sulfide) groups is 1. The summed E-state index contributed by atoms with van der Waals surface area (Å²) in [7, 11) is 0. The number of rotatable bonds is 5. The van der Waals surface area contributed by atoms with Crippen LogP contribution in [0.3, 0.4) is 0 Å². The van der Waals surface area contributed by atoms with Gasteiger partial charge in [0.15, 0.2) is 0 Å². The summed E-state index contributed by atoms with van der Waals surface area (Å²) < 4.78 is 1.05. The molecular weight excluding hydrogens is 360 g/mol. The summed E-state index contributed by atoms with van der Waals surface area (Å²) in [4.78, 5) is 5.20. The highest BCUT2D eigenvalue weighted by molar-refractivity contribution is 9.10. The first-order valence-corrected chi connectivity index (χ1v) is 8.01. The molecule has 2 aromatic rings. The van der Waals surface area contributed by atoms with Crippen molar-refractivity contribution in [3.8, 4) is 0 Å². The van der Waals surface area contributed by atoms with E-state index in [1.165, 1.54) is 6.20 Å². The van der Waals surface area contributed by atoms with Gasteiger partial charge in [0.25, 0.3) is 0 Å². The van der Waals surface area contributed by atoms with Gasteiger partial charge in [0, 0.05) is 26.9 Å². The Kier molecular flexibility index (Phi) is 5.68. The number of anilines is 1. The van der Waals surface area contributed by atoms with Crippen LogP contribution in [0.2, 0.25) is 5.02 Å². The third-order valence-corrected chi connectivity index (χ3v) is 4.49. The van der Waals surface area contributed by atoms with Crippen LogP contribution in [0.1, 0.15) is 11.6 Å². The van der Waals surface area contributed by atoms with Gasteiger partial charge < -0.3 is 5.73 Å². The maximum Gasteiger partial charge on any atom is 0.128 e. The summed E-state index contributed by atoms with van der Waals surface area (Å²) in [6.45, 7) is 0. The number of pyridine rings is 1. The SMILES string of the molecule is NNC(CSc1cccc(Br)c1)c1cc(Cl)cnc1N. The number of nitrogens with one attached hydrogen (secondary N) is 1. The molecule has 20 heavy (non-hydrogen) atoms. The Morgan fingerprint density at radius 2 is 2.20 bits per heavy atom. The minimum Gasteiger partial charge on any atom is -0.383 e. The molecule has 106 valence electrons. The number of halogens is 2. The fraction of sp³-hybridized carbons (Fsp3) is 0.154. The Morgan fingerprint density at radius 3 is 2.90 bits per heavy atom. The first kappa shape index (κ1) is 15.6. The minimum absolute atomic E-state index is 0.120. The van der Waals surface area contributed by atoms with E-state index in [1.54, 1.807) is 17.8 Å². The predicted octanol–water partition coefficient (Wildman–Crippen LogP) is 3.38. The van der Waals surface area contributed by atoms with E-state index in [9.17, 15) is 0 Å². The van der Waals surface area contributed by atoms with E-state index in [4.69, 9.17) is 23.2 Å². The van der Waals surface area contributed by atoms with Gasteiger partial charge in [-0.05, 0) is 24.3 Å². The van der Waals surface area contributed by atoms with Crippen LogP contribution in [0.25, 0.3) is 0 Å². The molecule has 0 aliphatic heterocycles. The Bertz CT molecular complexity index is 596. The molecule has 0 amide bonds. The van der Waals surface area contributed by atoms with Crippen molar-refractivity contribution < 1.29 is 0 Å². The molecule has 1 atom stereocenters. The van der Waals surface area contributed by atoms with Crippen LogP contribution in [-0.2, 0) is 0 Å². The lowest BCUT2D eigenvalue weighted by molar-refractivity contribution is 0.611. The van der Waals surface area contributed by atoms with Gasteiger partial charge in [-0.2, -0.15) is 0 Å². The van der Waals surface area contributed by atoms with Crippen LogP contribution >= 0.6 is 39.3 Å². The van der Waals surface area contributed by atoms with Crippen molar-refractivity contribution in [3.05, 3.63) is 51.6 Å². The lowest BCUT2D eigenvalue weighted by Gasteiger charge is -2.17. The van der Waals surface area contributed by atoms with Gasteiger partial charge in [-0.1, -0.05) is 33.6 Å². The molecule has 1 unspecified atom stereocenters. The van der Waals surface area contributed by atoms with Gasteiger partial charge in [-0.15, -0.1) is 11.8 Å². The zero-order valence-electron chi connectivity index (χ0n) is 10.5. The molecule has 0 spiro atoms. The van der Waals surface area contributed by atoms with E-state index in [0.29, 0.717) is 10.8 Å². The summed E-state index contributed by atoms with van der Waals surface area (Å²) in [5, 5.41) is 0.543. The second kappa shape index (κ2) is 7.28. The average Bonchev–Trinajstić information content (AvgIpc) is 2.43. The van der Waals surface area contributed by atoms with Crippen LogP contribution in [0.15, 0.2) is 45.9 Å². The largest absolute Gasteiger partial charge is 0.383 e. The molecule has 7 heteroatoms. The summed E-state index contributed by atoms with van der Waals surface area (Å²) in [6, 6.07) is 9.75. The van der Waals surface area contributed by atoms with E-state index in [2.05, 4.69) is 32.4 Å². The normalized spacial score (nSPS) is 12.3. The number of benzene rings is 1. The third-order valence-electron chi connectivity index (χ3n) is 2.71. The van der Waals surface area contributed by atoms with Crippen molar-refractivity contribution >= 4 is 45.1 Å². The fourth-order valence-corrected chi connectivity index (χ4v) is 3.45. The molecule has 5 N–H and O–H groups in total. The van der Waals surface area contributed by atoms with E-state index in [1.807, 2.05) is 18.2 Å². The maximum atomic E-state index is 5.96. The Labute approximate surface area is 135 Å². The molecule has 0 saturated carbocycles. The van der Waals surface area contributed by atoms with Crippen LogP contribution in [0.4, 0.5) is 5.82 Å². The van der Waals surface area contributed by atoms with Crippen molar-refractivity contribution in [1.82, 2.24) is 10.4 Å². The average molecular weight is 374 g/mol. The maximum absolute atomic E-state index is 5.96. The standard InChI is InChI=1S/C13H14BrClN4S/c14-8-2-1-3-10(4-8)20-7-12(19-17)11-5-9(15)6-18-13(11)16/h1-6,12,19H,7,17H2,(H2,16,18). The van der Waals surface area contributed by atoms with Crippen LogP contribution in [0, 0.1) is 0 Å². The van der Waals surface area contributed by atoms with Crippen molar-refractivity contribution in [2.24, 2.45) is 5.84 Å². The van der Waals surface area contributed by atoms with Gasteiger partial charge in [0.2, 0.25) is 0 Å². The van der Waals surface area contributed by atoms with Gasteiger partial charge >= 0.3 is 0 Å². The van der Waals surface area contributed by atoms with Crippen LogP contribution in [-0.4, -0.2) is 10.7 Å². The molecule has 0 bridgehead atoms. The van der Waals surface area contributed by atoms with Crippen LogP contribution < -0.4 is 17.0 Å². The highest BCUT2D eigenvalue weighted by Crippen LogP contribution is 2.29. The molecule has 2 rings (SSSR count). The number of hydrogen-bond acceptors (Lipinski definition) is 5. The lowest BCUT2D eigenvalue weighted by atomic mass is 10.1.